The van der Waals surface area contributed by atoms with E-state index in [1.54, 1.807) is 32.9 Å². The molecule has 0 heterocycles. The Hall–Kier alpha value is -1.99. The van der Waals surface area contributed by atoms with Crippen molar-refractivity contribution in [2.24, 2.45) is 0 Å². The highest BCUT2D eigenvalue weighted by molar-refractivity contribution is 8.31. The first-order valence-electron chi connectivity index (χ1n) is 7.07. The molecule has 0 radical (unpaired) electrons. The molecule has 0 fully saturated rings. The van der Waals surface area contributed by atoms with E-state index in [1.165, 1.54) is 12.1 Å². The van der Waals surface area contributed by atoms with Crippen LogP contribution in [0.25, 0.3) is 5.53 Å². The zero-order valence-electron chi connectivity index (χ0n) is 13.7. The van der Waals surface area contributed by atoms with Crippen molar-refractivity contribution in [2.75, 3.05) is 0 Å². The second-order valence-corrected chi connectivity index (χ2v) is 9.92. The Morgan fingerprint density at radius 2 is 1.40 bits per heavy atom. The number of aryl methyl sites for hydroxylation is 3. The Morgan fingerprint density at radius 1 is 0.920 bits per heavy atom. The smallest absolute Gasteiger partial charge is 0.359 e. The van der Waals surface area contributed by atoms with Crippen LogP contribution in [0, 0.1) is 20.8 Å². The second-order valence-electron chi connectivity index (χ2n) is 5.55. The van der Waals surface area contributed by atoms with Crippen LogP contribution in [0.4, 0.5) is 0 Å². The van der Waals surface area contributed by atoms with E-state index in [0.717, 1.165) is 17.7 Å². The summed E-state index contributed by atoms with van der Waals surface area (Å²) < 4.78 is 49.8. The third-order valence-corrected chi connectivity index (χ3v) is 8.26. The van der Waals surface area contributed by atoms with Crippen molar-refractivity contribution < 1.29 is 21.6 Å². The van der Waals surface area contributed by atoms with Gasteiger partial charge in [0.1, 0.15) is 0 Å². The molecule has 0 spiro atoms. The molecule has 2 rings (SSSR count). The highest BCUT2D eigenvalue weighted by Crippen LogP contribution is 2.27. The SMILES string of the molecule is Cc1cc(C)c(S(=O)(=O)C(=[N+]=[N-])S(=O)(=O)c2ccc(Cl)cc2)c(C)c1. The van der Waals surface area contributed by atoms with Crippen molar-refractivity contribution in [1.82, 2.24) is 0 Å². The normalized spacial score (nSPS) is 11.8. The zero-order chi connectivity index (χ0) is 19.0. The van der Waals surface area contributed by atoms with Gasteiger partial charge in [-0.05, 0) is 56.2 Å². The van der Waals surface area contributed by atoms with E-state index in [0.29, 0.717) is 11.1 Å². The quantitative estimate of drug-likeness (QED) is 0.335. The predicted molar refractivity (Wildman–Crippen MR) is 95.1 cm³/mol. The summed E-state index contributed by atoms with van der Waals surface area (Å²) >= 11 is 5.72. The molecule has 0 N–H and O–H groups in total. The van der Waals surface area contributed by atoms with Gasteiger partial charge in [0.25, 0.3) is 19.7 Å². The van der Waals surface area contributed by atoms with Gasteiger partial charge in [-0.2, -0.15) is 0 Å². The lowest BCUT2D eigenvalue weighted by molar-refractivity contribution is 0.00379. The predicted octanol–water partition coefficient (Wildman–Crippen LogP) is 3.10. The monoisotopic (exact) mass is 398 g/mol. The number of halogens is 1. The molecular formula is C16H15ClN2O4S2. The molecule has 2 aromatic rings. The van der Waals surface area contributed by atoms with Crippen LogP contribution in [0.15, 0.2) is 46.2 Å². The summed E-state index contributed by atoms with van der Waals surface area (Å²) in [4.78, 5) is 2.09. The number of benzene rings is 2. The molecule has 0 bridgehead atoms. The fourth-order valence-corrected chi connectivity index (χ4v) is 6.52. The molecule has 0 saturated heterocycles. The van der Waals surface area contributed by atoms with Gasteiger partial charge in [-0.1, -0.05) is 29.3 Å². The Morgan fingerprint density at radius 3 is 1.84 bits per heavy atom. The van der Waals surface area contributed by atoms with Crippen molar-refractivity contribution >= 4 is 35.7 Å². The van der Waals surface area contributed by atoms with Crippen LogP contribution >= 0.6 is 11.6 Å². The molecule has 2 aromatic carbocycles. The van der Waals surface area contributed by atoms with Gasteiger partial charge in [-0.3, -0.25) is 0 Å². The van der Waals surface area contributed by atoms with Gasteiger partial charge >= 0.3 is 4.38 Å². The maximum atomic E-state index is 12.9. The van der Waals surface area contributed by atoms with Crippen LogP contribution in [-0.2, 0) is 19.7 Å². The lowest BCUT2D eigenvalue weighted by Gasteiger charge is -2.10. The summed E-state index contributed by atoms with van der Waals surface area (Å²) in [6.07, 6.45) is 0. The average Bonchev–Trinajstić information content (AvgIpc) is 2.46. The molecule has 0 saturated carbocycles. The summed E-state index contributed by atoms with van der Waals surface area (Å²) in [5.41, 5.74) is 10.8. The third-order valence-electron chi connectivity index (χ3n) is 3.54. The molecule has 0 atom stereocenters. The minimum absolute atomic E-state index is 0.191. The fraction of sp³-hybridized carbons (Fsp3) is 0.188. The van der Waals surface area contributed by atoms with E-state index in [-0.39, 0.29) is 14.8 Å². The maximum absolute atomic E-state index is 12.9. The van der Waals surface area contributed by atoms with Gasteiger partial charge in [-0.15, -0.1) is 4.79 Å². The topological polar surface area (TPSA) is 105 Å². The molecule has 0 aromatic heterocycles. The van der Waals surface area contributed by atoms with E-state index < -0.39 is 24.1 Å². The second kappa shape index (κ2) is 6.72. The van der Waals surface area contributed by atoms with E-state index in [2.05, 4.69) is 4.79 Å². The Balaban J connectivity index is 2.73. The highest BCUT2D eigenvalue weighted by atomic mass is 35.5. The summed E-state index contributed by atoms with van der Waals surface area (Å²) in [5, 5.41) is 0.287. The van der Waals surface area contributed by atoms with Crippen LogP contribution in [0.1, 0.15) is 16.7 Å². The molecule has 6 nitrogen and oxygen atoms in total. The zero-order valence-corrected chi connectivity index (χ0v) is 16.1. The summed E-state index contributed by atoms with van der Waals surface area (Å²) in [6.45, 7) is 4.90. The van der Waals surface area contributed by atoms with Gasteiger partial charge in [0.2, 0.25) is 0 Å². The fourth-order valence-electron chi connectivity index (χ4n) is 2.64. The minimum atomic E-state index is -4.57. The Bertz CT molecular complexity index is 1080. The first-order valence-corrected chi connectivity index (χ1v) is 10.4. The van der Waals surface area contributed by atoms with Crippen LogP contribution in [0.3, 0.4) is 0 Å². The van der Waals surface area contributed by atoms with E-state index >= 15 is 0 Å². The molecule has 0 aliphatic heterocycles. The number of rotatable bonds is 2. The van der Waals surface area contributed by atoms with Crippen LogP contribution in [0.2, 0.25) is 5.02 Å². The van der Waals surface area contributed by atoms with Crippen LogP contribution in [0.5, 0.6) is 0 Å². The molecular weight excluding hydrogens is 384 g/mol. The number of hydrogen-bond acceptors (Lipinski definition) is 4. The van der Waals surface area contributed by atoms with Crippen molar-refractivity contribution in [2.45, 2.75) is 30.6 Å². The molecule has 0 aliphatic carbocycles. The van der Waals surface area contributed by atoms with E-state index in [1.807, 2.05) is 0 Å². The van der Waals surface area contributed by atoms with Crippen molar-refractivity contribution in [1.29, 1.82) is 0 Å². The summed E-state index contributed by atoms with van der Waals surface area (Å²) in [7, 11) is -9.13. The lowest BCUT2D eigenvalue weighted by Crippen LogP contribution is -2.27. The van der Waals surface area contributed by atoms with E-state index in [9.17, 15) is 22.4 Å². The van der Waals surface area contributed by atoms with Gasteiger partial charge in [-0.25, -0.2) is 16.8 Å². The van der Waals surface area contributed by atoms with Gasteiger partial charge < -0.3 is 5.53 Å². The molecule has 25 heavy (non-hydrogen) atoms. The Labute approximate surface area is 151 Å². The van der Waals surface area contributed by atoms with Crippen LogP contribution < -0.4 is 0 Å². The Kier molecular flexibility index (Phi) is 5.20. The molecule has 0 amide bonds. The summed E-state index contributed by atoms with van der Waals surface area (Å²) in [5.74, 6) is 0. The van der Waals surface area contributed by atoms with E-state index in [4.69, 9.17) is 11.6 Å². The largest absolute Gasteiger partial charge is 0.504 e. The number of hydrogen-bond donors (Lipinski definition) is 0. The van der Waals surface area contributed by atoms with Crippen molar-refractivity contribution in [3.63, 3.8) is 0 Å². The van der Waals surface area contributed by atoms with Crippen LogP contribution in [-0.4, -0.2) is 26.0 Å². The standard InChI is InChI=1S/C16H15ClN2O4S2/c1-10-8-11(2)15(12(3)9-10)25(22,23)16(19-18)24(20,21)14-6-4-13(17)5-7-14/h4-9H,1-3H3. The first kappa shape index (κ1) is 19.3. The lowest BCUT2D eigenvalue weighted by atomic mass is 10.1. The number of sulfone groups is 2. The highest BCUT2D eigenvalue weighted by Gasteiger charge is 2.45. The molecule has 9 heteroatoms. The van der Waals surface area contributed by atoms with Gasteiger partial charge in [0.15, 0.2) is 0 Å². The first-order chi connectivity index (χ1) is 11.5. The summed E-state index contributed by atoms with van der Waals surface area (Å²) in [6, 6.07) is 8.13. The molecule has 0 aliphatic rings. The third kappa shape index (κ3) is 3.52. The number of nitrogens with zero attached hydrogens (tertiary/aromatic N) is 2. The molecule has 0 unspecified atom stereocenters. The van der Waals surface area contributed by atoms with Crippen molar-refractivity contribution in [3.05, 3.63) is 63.6 Å². The van der Waals surface area contributed by atoms with Gasteiger partial charge in [0, 0.05) is 5.02 Å². The van der Waals surface area contributed by atoms with Crippen molar-refractivity contribution in [3.8, 4) is 0 Å². The maximum Gasteiger partial charge on any atom is 0.504 e. The molecule has 132 valence electrons. The van der Waals surface area contributed by atoms with Gasteiger partial charge in [0.05, 0.1) is 9.79 Å². The minimum Gasteiger partial charge on any atom is -0.359 e. The average molecular weight is 399 g/mol.